The Labute approximate surface area is 265 Å². The third-order valence-electron chi connectivity index (χ3n) is 8.40. The van der Waals surface area contributed by atoms with Gasteiger partial charge in [-0.2, -0.15) is 0 Å². The number of rotatable bonds is 9. The van der Waals surface area contributed by atoms with Crippen LogP contribution >= 0.6 is 0 Å². The minimum absolute atomic E-state index is 0.0312. The largest absolute Gasteiger partial charge is 0.493 e. The molecule has 3 aromatic carbocycles. The van der Waals surface area contributed by atoms with Gasteiger partial charge in [-0.05, 0) is 43.0 Å². The molecule has 0 fully saturated rings. The first-order valence-corrected chi connectivity index (χ1v) is 15.8. The standard InChI is InChI=1S/C36H42N6O3/c1-4-32-35-37-31(22-27-14-7-5-8-15-27)36(45-35)41(23-28-16-9-6-10-17-28)25-30-26-42(39-38-30)21-12-11-20-40(32)24-29-18-13-19-33(43-2)34(29)44-3/h5-10,13-19,26,32H,4,11-12,20-25H2,1-3H3. The first-order valence-electron chi connectivity index (χ1n) is 15.8. The Kier molecular flexibility index (Phi) is 9.75. The number of para-hydroxylation sites is 1. The van der Waals surface area contributed by atoms with E-state index in [1.54, 1.807) is 14.2 Å². The summed E-state index contributed by atoms with van der Waals surface area (Å²) in [5.74, 6) is 3.00. The number of hydrogen-bond acceptors (Lipinski definition) is 8. The second-order valence-corrected chi connectivity index (χ2v) is 11.5. The smallest absolute Gasteiger partial charge is 0.220 e. The van der Waals surface area contributed by atoms with Crippen molar-refractivity contribution in [2.24, 2.45) is 0 Å². The maximum Gasteiger partial charge on any atom is 0.220 e. The minimum atomic E-state index is -0.0312. The summed E-state index contributed by atoms with van der Waals surface area (Å²) in [7, 11) is 3.38. The fourth-order valence-corrected chi connectivity index (χ4v) is 6.19. The number of methoxy groups -OCH3 is 2. The normalized spacial score (nSPS) is 15.9. The molecule has 0 N–H and O–H groups in total. The van der Waals surface area contributed by atoms with E-state index in [0.717, 1.165) is 72.6 Å². The average molecular weight is 607 g/mol. The van der Waals surface area contributed by atoms with Crippen LogP contribution in [0.15, 0.2) is 89.5 Å². The van der Waals surface area contributed by atoms with Gasteiger partial charge in [-0.1, -0.05) is 84.9 Å². The second kappa shape index (κ2) is 14.4. The quantitative estimate of drug-likeness (QED) is 0.181. The molecule has 0 amide bonds. The number of benzene rings is 3. The zero-order valence-corrected chi connectivity index (χ0v) is 26.4. The average Bonchev–Trinajstić information content (AvgIpc) is 3.70. The maximum atomic E-state index is 6.90. The summed E-state index contributed by atoms with van der Waals surface area (Å²) in [6.45, 7) is 5.78. The number of hydrogen-bond donors (Lipinski definition) is 0. The predicted octanol–water partition coefficient (Wildman–Crippen LogP) is 6.83. The lowest BCUT2D eigenvalue weighted by atomic mass is 10.1. The van der Waals surface area contributed by atoms with Crippen molar-refractivity contribution in [2.45, 2.75) is 64.8 Å². The Hall–Kier alpha value is -4.63. The Morgan fingerprint density at radius 1 is 0.844 bits per heavy atom. The lowest BCUT2D eigenvalue weighted by Crippen LogP contribution is -2.30. The van der Waals surface area contributed by atoms with Crippen LogP contribution in [0, 0.1) is 0 Å². The zero-order valence-electron chi connectivity index (χ0n) is 26.4. The Balaban J connectivity index is 1.44. The number of aromatic nitrogens is 4. The van der Waals surface area contributed by atoms with E-state index in [1.165, 1.54) is 11.1 Å². The molecule has 0 spiro atoms. The summed E-state index contributed by atoms with van der Waals surface area (Å²) >= 11 is 0. The van der Waals surface area contributed by atoms with Crippen LogP contribution in [0.1, 0.15) is 66.2 Å². The Bertz CT molecular complexity index is 1650. The molecule has 4 bridgehead atoms. The third-order valence-corrected chi connectivity index (χ3v) is 8.40. The van der Waals surface area contributed by atoms with Crippen LogP contribution in [0.4, 0.5) is 5.88 Å². The van der Waals surface area contributed by atoms with Crippen LogP contribution in [0.25, 0.3) is 0 Å². The highest BCUT2D eigenvalue weighted by Crippen LogP contribution is 2.37. The van der Waals surface area contributed by atoms with Crippen molar-refractivity contribution < 1.29 is 13.9 Å². The highest BCUT2D eigenvalue weighted by Gasteiger charge is 2.29. The van der Waals surface area contributed by atoms with Gasteiger partial charge in [0.2, 0.25) is 11.8 Å². The lowest BCUT2D eigenvalue weighted by molar-refractivity contribution is 0.151. The van der Waals surface area contributed by atoms with Crippen molar-refractivity contribution in [3.8, 4) is 11.5 Å². The van der Waals surface area contributed by atoms with Gasteiger partial charge in [-0.15, -0.1) is 5.10 Å². The topological polar surface area (TPSA) is 81.7 Å². The fourth-order valence-electron chi connectivity index (χ4n) is 6.19. The minimum Gasteiger partial charge on any atom is -0.493 e. The second-order valence-electron chi connectivity index (χ2n) is 11.5. The van der Waals surface area contributed by atoms with Gasteiger partial charge in [-0.3, -0.25) is 9.58 Å². The molecule has 6 rings (SSSR count). The molecule has 5 aromatic rings. The number of nitrogens with zero attached hydrogens (tertiary/aromatic N) is 6. The Morgan fingerprint density at radius 2 is 1.60 bits per heavy atom. The van der Waals surface area contributed by atoms with Crippen molar-refractivity contribution in [3.05, 3.63) is 119 Å². The van der Waals surface area contributed by atoms with Crippen LogP contribution < -0.4 is 14.4 Å². The lowest BCUT2D eigenvalue weighted by Gasteiger charge is -2.30. The van der Waals surface area contributed by atoms with Gasteiger partial charge in [0, 0.05) is 31.6 Å². The van der Waals surface area contributed by atoms with Crippen LogP contribution in [-0.4, -0.2) is 45.6 Å². The van der Waals surface area contributed by atoms with Crippen molar-refractivity contribution in [2.75, 3.05) is 25.7 Å². The van der Waals surface area contributed by atoms with E-state index in [-0.39, 0.29) is 6.04 Å². The van der Waals surface area contributed by atoms with Crippen LogP contribution in [-0.2, 0) is 32.6 Å². The first kappa shape index (κ1) is 30.4. The van der Waals surface area contributed by atoms with Gasteiger partial charge in [0.15, 0.2) is 11.5 Å². The highest BCUT2D eigenvalue weighted by atomic mass is 16.5. The number of aryl methyl sites for hydroxylation is 1. The van der Waals surface area contributed by atoms with E-state index in [2.05, 4.69) is 87.8 Å². The van der Waals surface area contributed by atoms with E-state index < -0.39 is 0 Å². The molecule has 0 radical (unpaired) electrons. The van der Waals surface area contributed by atoms with Gasteiger partial charge >= 0.3 is 0 Å². The number of fused-ring (bicyclic) bond motifs is 4. The monoisotopic (exact) mass is 606 g/mol. The zero-order chi connectivity index (χ0) is 31.0. The molecule has 0 saturated carbocycles. The molecule has 0 aliphatic carbocycles. The van der Waals surface area contributed by atoms with E-state index in [0.29, 0.717) is 26.1 Å². The molecule has 1 aliphatic heterocycles. The molecular formula is C36H42N6O3. The molecule has 3 heterocycles. The molecule has 9 nitrogen and oxygen atoms in total. The summed E-state index contributed by atoms with van der Waals surface area (Å²) < 4.78 is 20.3. The molecule has 9 heteroatoms. The molecule has 1 aliphatic rings. The molecule has 1 atom stereocenters. The van der Waals surface area contributed by atoms with Crippen LogP contribution in [0.2, 0.25) is 0 Å². The molecule has 1 unspecified atom stereocenters. The van der Waals surface area contributed by atoms with Gasteiger partial charge in [-0.25, -0.2) is 4.98 Å². The summed E-state index contributed by atoms with van der Waals surface area (Å²) in [5.41, 5.74) is 5.28. The molecular weight excluding hydrogens is 564 g/mol. The van der Waals surface area contributed by atoms with Gasteiger partial charge in [0.25, 0.3) is 0 Å². The highest BCUT2D eigenvalue weighted by molar-refractivity contribution is 5.47. The number of anilines is 1. The summed E-state index contributed by atoms with van der Waals surface area (Å²) in [5, 5.41) is 9.02. The Morgan fingerprint density at radius 3 is 2.33 bits per heavy atom. The van der Waals surface area contributed by atoms with Crippen molar-refractivity contribution in [1.29, 1.82) is 0 Å². The van der Waals surface area contributed by atoms with Crippen LogP contribution in [0.5, 0.6) is 11.5 Å². The third kappa shape index (κ3) is 7.20. The van der Waals surface area contributed by atoms with Gasteiger partial charge in [0.05, 0.1) is 33.0 Å². The first-order chi connectivity index (χ1) is 22.1. The van der Waals surface area contributed by atoms with E-state index in [4.69, 9.17) is 18.9 Å². The molecule has 234 valence electrons. The maximum absolute atomic E-state index is 6.90. The predicted molar refractivity (Wildman–Crippen MR) is 174 cm³/mol. The van der Waals surface area contributed by atoms with E-state index in [1.807, 2.05) is 28.9 Å². The molecule has 45 heavy (non-hydrogen) atoms. The number of oxazole rings is 1. The summed E-state index contributed by atoms with van der Waals surface area (Å²) in [6, 6.07) is 27.0. The molecule has 2 aromatic heterocycles. The van der Waals surface area contributed by atoms with Crippen molar-refractivity contribution >= 4 is 5.88 Å². The van der Waals surface area contributed by atoms with Crippen molar-refractivity contribution in [1.82, 2.24) is 24.9 Å². The van der Waals surface area contributed by atoms with E-state index >= 15 is 0 Å². The van der Waals surface area contributed by atoms with Gasteiger partial charge in [0.1, 0.15) is 11.4 Å². The fraction of sp³-hybridized carbons (Fsp3) is 0.361. The molecule has 0 saturated heterocycles. The van der Waals surface area contributed by atoms with Gasteiger partial charge < -0.3 is 18.8 Å². The van der Waals surface area contributed by atoms with E-state index in [9.17, 15) is 0 Å². The SMILES string of the molecule is CCC1c2nc(Cc3ccccc3)c(o2)N(Cc2ccccc2)Cc2cn(nn2)CCCCN1Cc1cccc(OC)c1OC. The summed E-state index contributed by atoms with van der Waals surface area (Å²) in [4.78, 5) is 10.0. The summed E-state index contributed by atoms with van der Waals surface area (Å²) in [6.07, 6.45) is 5.54. The van der Waals surface area contributed by atoms with Crippen molar-refractivity contribution in [3.63, 3.8) is 0 Å². The van der Waals surface area contributed by atoms with Crippen LogP contribution in [0.3, 0.4) is 0 Å². The number of ether oxygens (including phenoxy) is 2.